The molecule has 0 spiro atoms. The molecule has 0 aliphatic rings. The highest BCUT2D eigenvalue weighted by Crippen LogP contribution is 2.47. The number of aldehydes is 2. The van der Waals surface area contributed by atoms with Crippen LogP contribution in [0.1, 0.15) is 51.3 Å². The van der Waals surface area contributed by atoms with E-state index in [1.54, 1.807) is 7.11 Å². The fourth-order valence-electron chi connectivity index (χ4n) is 4.18. The van der Waals surface area contributed by atoms with Crippen molar-refractivity contribution >= 4 is 12.6 Å². The zero-order chi connectivity index (χ0) is 24.1. The summed E-state index contributed by atoms with van der Waals surface area (Å²) in [5.41, 5.74) is 7.03. The van der Waals surface area contributed by atoms with Crippen molar-refractivity contribution in [2.24, 2.45) is 0 Å². The first-order valence-electron chi connectivity index (χ1n) is 11.0. The SMILES string of the molecule is CCOc1c(C=O)cc(C)cc1-c1cc(C)cc(-c2cc(C)cc(C=O)c2OCC)c1OC. The molecule has 5 nitrogen and oxygen atoms in total. The first-order chi connectivity index (χ1) is 15.9. The second kappa shape index (κ2) is 10.3. The fourth-order valence-corrected chi connectivity index (χ4v) is 4.18. The Morgan fingerprint density at radius 2 is 0.939 bits per heavy atom. The molecule has 172 valence electrons. The van der Waals surface area contributed by atoms with Crippen molar-refractivity contribution in [1.29, 1.82) is 0 Å². The lowest BCUT2D eigenvalue weighted by Crippen LogP contribution is -2.03. The number of rotatable bonds is 9. The van der Waals surface area contributed by atoms with Gasteiger partial charge in [0.05, 0.1) is 31.5 Å². The van der Waals surface area contributed by atoms with Gasteiger partial charge in [-0.15, -0.1) is 0 Å². The smallest absolute Gasteiger partial charge is 0.153 e. The highest BCUT2D eigenvalue weighted by atomic mass is 16.5. The van der Waals surface area contributed by atoms with Crippen LogP contribution in [0.5, 0.6) is 17.2 Å². The van der Waals surface area contributed by atoms with E-state index in [4.69, 9.17) is 14.2 Å². The number of carbonyl (C=O) groups is 2. The molecule has 0 atom stereocenters. The molecule has 0 saturated carbocycles. The first kappa shape index (κ1) is 24.1. The van der Waals surface area contributed by atoms with E-state index in [0.29, 0.717) is 41.6 Å². The lowest BCUT2D eigenvalue weighted by molar-refractivity contribution is 0.111. The van der Waals surface area contributed by atoms with Crippen molar-refractivity contribution in [2.75, 3.05) is 20.3 Å². The Bertz CT molecular complexity index is 1100. The zero-order valence-corrected chi connectivity index (χ0v) is 20.1. The first-order valence-corrected chi connectivity index (χ1v) is 11.0. The van der Waals surface area contributed by atoms with Gasteiger partial charge < -0.3 is 14.2 Å². The normalized spacial score (nSPS) is 10.6. The summed E-state index contributed by atoms with van der Waals surface area (Å²) in [4.78, 5) is 23.6. The number of carbonyl (C=O) groups excluding carboxylic acids is 2. The molecule has 0 heterocycles. The summed E-state index contributed by atoms with van der Waals surface area (Å²) in [6.45, 7) is 10.5. The number of ether oxygens (including phenoxy) is 3. The fraction of sp³-hybridized carbons (Fsp3) is 0.286. The predicted molar refractivity (Wildman–Crippen MR) is 131 cm³/mol. The quantitative estimate of drug-likeness (QED) is 0.357. The molecule has 5 heteroatoms. The molecule has 0 fully saturated rings. The topological polar surface area (TPSA) is 61.8 Å². The van der Waals surface area contributed by atoms with Crippen LogP contribution in [0.15, 0.2) is 36.4 Å². The maximum atomic E-state index is 11.8. The summed E-state index contributed by atoms with van der Waals surface area (Å²) in [5, 5.41) is 0. The molecule has 0 saturated heterocycles. The van der Waals surface area contributed by atoms with Crippen LogP contribution in [0, 0.1) is 20.8 Å². The average molecular weight is 447 g/mol. The lowest BCUT2D eigenvalue weighted by atomic mass is 9.90. The van der Waals surface area contributed by atoms with E-state index in [0.717, 1.165) is 51.5 Å². The molecule has 3 rings (SSSR count). The molecule has 0 bridgehead atoms. The van der Waals surface area contributed by atoms with Gasteiger partial charge in [-0.1, -0.05) is 0 Å². The number of aryl methyl sites for hydroxylation is 3. The molecule has 0 aliphatic carbocycles. The average Bonchev–Trinajstić information content (AvgIpc) is 2.80. The van der Waals surface area contributed by atoms with E-state index in [2.05, 4.69) is 0 Å². The van der Waals surface area contributed by atoms with Gasteiger partial charge in [-0.2, -0.15) is 0 Å². The zero-order valence-electron chi connectivity index (χ0n) is 20.1. The van der Waals surface area contributed by atoms with Crippen molar-refractivity contribution in [3.8, 4) is 39.5 Å². The van der Waals surface area contributed by atoms with E-state index in [9.17, 15) is 9.59 Å². The summed E-state index contributed by atoms with van der Waals surface area (Å²) in [6.07, 6.45) is 1.63. The molecule has 0 radical (unpaired) electrons. The van der Waals surface area contributed by atoms with Gasteiger partial charge in [-0.05, 0) is 87.7 Å². The molecule has 3 aromatic rings. The van der Waals surface area contributed by atoms with Gasteiger partial charge in [0.25, 0.3) is 0 Å². The van der Waals surface area contributed by atoms with Crippen molar-refractivity contribution < 1.29 is 23.8 Å². The van der Waals surface area contributed by atoms with Crippen LogP contribution in [-0.2, 0) is 0 Å². The van der Waals surface area contributed by atoms with Crippen LogP contribution < -0.4 is 14.2 Å². The predicted octanol–water partition coefficient (Wildman–Crippen LogP) is 6.38. The standard InChI is InChI=1S/C28H30O5/c1-7-32-26-20(15-29)9-17(3)11-22(26)24-13-19(5)14-25(28(24)31-6)23-12-18(4)10-21(16-30)27(23)33-8-2/h9-16H,7-8H2,1-6H3. The maximum Gasteiger partial charge on any atom is 0.153 e. The third-order valence-corrected chi connectivity index (χ3v) is 5.37. The van der Waals surface area contributed by atoms with E-state index in [-0.39, 0.29) is 0 Å². The Morgan fingerprint density at radius 1 is 0.606 bits per heavy atom. The Hall–Kier alpha value is -3.60. The lowest BCUT2D eigenvalue weighted by Gasteiger charge is -2.21. The summed E-state index contributed by atoms with van der Waals surface area (Å²) in [7, 11) is 1.62. The Labute approximate surface area is 195 Å². The van der Waals surface area contributed by atoms with Gasteiger partial charge >= 0.3 is 0 Å². The Balaban J connectivity index is 2.42. The van der Waals surface area contributed by atoms with Crippen molar-refractivity contribution in [3.05, 3.63) is 64.2 Å². The van der Waals surface area contributed by atoms with Crippen molar-refractivity contribution in [2.45, 2.75) is 34.6 Å². The molecule has 0 N–H and O–H groups in total. The van der Waals surface area contributed by atoms with Crippen LogP contribution in [0.2, 0.25) is 0 Å². The molecule has 0 aliphatic heterocycles. The van der Waals surface area contributed by atoms with E-state index in [1.807, 2.05) is 71.0 Å². The highest BCUT2D eigenvalue weighted by molar-refractivity contribution is 5.94. The van der Waals surface area contributed by atoms with Gasteiger partial charge in [-0.3, -0.25) is 9.59 Å². The monoisotopic (exact) mass is 446 g/mol. The number of benzene rings is 3. The van der Waals surface area contributed by atoms with Crippen LogP contribution in [-0.4, -0.2) is 32.9 Å². The summed E-state index contributed by atoms with van der Waals surface area (Å²) < 4.78 is 17.8. The third kappa shape index (κ3) is 4.77. The highest BCUT2D eigenvalue weighted by Gasteiger charge is 2.22. The summed E-state index contributed by atoms with van der Waals surface area (Å²) in [5.74, 6) is 1.67. The van der Waals surface area contributed by atoms with Gasteiger partial charge in [0.1, 0.15) is 17.2 Å². The molecule has 0 aromatic heterocycles. The largest absolute Gasteiger partial charge is 0.495 e. The number of methoxy groups -OCH3 is 1. The van der Waals surface area contributed by atoms with Crippen molar-refractivity contribution in [1.82, 2.24) is 0 Å². The summed E-state index contributed by atoms with van der Waals surface area (Å²) >= 11 is 0. The van der Waals surface area contributed by atoms with Crippen LogP contribution >= 0.6 is 0 Å². The molecule has 0 unspecified atom stereocenters. The van der Waals surface area contributed by atoms with Gasteiger partial charge in [-0.25, -0.2) is 0 Å². The second-order valence-corrected chi connectivity index (χ2v) is 7.96. The molecule has 3 aromatic carbocycles. The minimum absolute atomic E-state index is 0.424. The second-order valence-electron chi connectivity index (χ2n) is 7.96. The van der Waals surface area contributed by atoms with Crippen molar-refractivity contribution in [3.63, 3.8) is 0 Å². The summed E-state index contributed by atoms with van der Waals surface area (Å²) in [6, 6.07) is 11.7. The van der Waals surface area contributed by atoms with E-state index >= 15 is 0 Å². The van der Waals surface area contributed by atoms with Gasteiger partial charge in [0, 0.05) is 22.3 Å². The maximum absolute atomic E-state index is 11.8. The van der Waals surface area contributed by atoms with Gasteiger partial charge in [0.2, 0.25) is 0 Å². The number of hydrogen-bond donors (Lipinski definition) is 0. The molecular formula is C28H30O5. The minimum atomic E-state index is 0.424. The molecular weight excluding hydrogens is 416 g/mol. The van der Waals surface area contributed by atoms with Gasteiger partial charge in [0.15, 0.2) is 12.6 Å². The molecule has 0 amide bonds. The van der Waals surface area contributed by atoms with E-state index in [1.165, 1.54) is 0 Å². The van der Waals surface area contributed by atoms with Crippen LogP contribution in [0.4, 0.5) is 0 Å². The molecule has 33 heavy (non-hydrogen) atoms. The van der Waals surface area contributed by atoms with Crippen LogP contribution in [0.25, 0.3) is 22.3 Å². The Morgan fingerprint density at radius 3 is 1.24 bits per heavy atom. The van der Waals surface area contributed by atoms with E-state index < -0.39 is 0 Å². The van der Waals surface area contributed by atoms with Crippen LogP contribution in [0.3, 0.4) is 0 Å². The number of hydrogen-bond acceptors (Lipinski definition) is 5. The Kier molecular flexibility index (Phi) is 7.54. The third-order valence-electron chi connectivity index (χ3n) is 5.37. The minimum Gasteiger partial charge on any atom is -0.495 e.